The average molecular weight is 290 g/mol. The lowest BCUT2D eigenvalue weighted by Crippen LogP contribution is -2.06. The van der Waals surface area contributed by atoms with Crippen LogP contribution in [0.1, 0.15) is 6.92 Å². The second kappa shape index (κ2) is 5.87. The molecule has 0 aliphatic carbocycles. The molecule has 1 amide bonds. The first kappa shape index (κ1) is 15.9. The quantitative estimate of drug-likeness (QED) is 0.650. The monoisotopic (exact) mass is 289 g/mol. The Kier molecular flexibility index (Phi) is 4.91. The summed E-state index contributed by atoms with van der Waals surface area (Å²) in [6, 6.07) is 9.42. The summed E-state index contributed by atoms with van der Waals surface area (Å²) >= 11 is 0. The standard InChI is InChI=1S/C12H11NO4S.Mg/c1-8(14)13-12-4-2-3-9-5-6-10(7-11(9)12)18(15,16)17;/h2-7H,1H3,(H,13,14)(H,15,16,17);. The van der Waals surface area contributed by atoms with Gasteiger partial charge in [-0.15, -0.1) is 0 Å². The summed E-state index contributed by atoms with van der Waals surface area (Å²) in [6.07, 6.45) is 0. The molecule has 2 aromatic rings. The molecular weight excluding hydrogens is 279 g/mol. The van der Waals surface area contributed by atoms with E-state index >= 15 is 0 Å². The van der Waals surface area contributed by atoms with Crippen LogP contribution in [0.4, 0.5) is 5.69 Å². The van der Waals surface area contributed by atoms with E-state index in [0.29, 0.717) is 11.1 Å². The highest BCUT2D eigenvalue weighted by molar-refractivity contribution is 7.85. The molecule has 0 heterocycles. The van der Waals surface area contributed by atoms with Gasteiger partial charge in [0.1, 0.15) is 0 Å². The van der Waals surface area contributed by atoms with Crippen molar-refractivity contribution in [3.8, 4) is 0 Å². The van der Waals surface area contributed by atoms with E-state index in [0.717, 1.165) is 5.39 Å². The van der Waals surface area contributed by atoms with Gasteiger partial charge in [0.25, 0.3) is 10.1 Å². The van der Waals surface area contributed by atoms with E-state index in [-0.39, 0.29) is 33.9 Å². The molecule has 5 nitrogen and oxygen atoms in total. The van der Waals surface area contributed by atoms with Gasteiger partial charge in [-0.05, 0) is 23.6 Å². The summed E-state index contributed by atoms with van der Waals surface area (Å²) in [6.45, 7) is 1.37. The molecule has 7 heteroatoms. The molecular formula is C12H11MgNO4S. The number of amides is 1. The predicted octanol–water partition coefficient (Wildman–Crippen LogP) is 1.66. The van der Waals surface area contributed by atoms with Crippen LogP contribution in [0.3, 0.4) is 0 Å². The molecule has 19 heavy (non-hydrogen) atoms. The number of rotatable bonds is 2. The number of fused-ring (bicyclic) bond motifs is 1. The largest absolute Gasteiger partial charge is 0.326 e. The summed E-state index contributed by atoms with van der Waals surface area (Å²) in [5.74, 6) is -0.250. The molecule has 2 radical (unpaired) electrons. The Morgan fingerprint density at radius 3 is 2.47 bits per heavy atom. The van der Waals surface area contributed by atoms with Crippen molar-refractivity contribution < 1.29 is 17.8 Å². The molecule has 0 saturated heterocycles. The molecule has 2 N–H and O–H groups in total. The number of carbonyl (C=O) groups is 1. The van der Waals surface area contributed by atoms with Crippen molar-refractivity contribution in [3.05, 3.63) is 36.4 Å². The minimum Gasteiger partial charge on any atom is -0.326 e. The Balaban J connectivity index is 0.00000180. The highest BCUT2D eigenvalue weighted by Gasteiger charge is 2.11. The first-order valence-corrected chi connectivity index (χ1v) is 6.60. The molecule has 0 aromatic heterocycles. The van der Waals surface area contributed by atoms with Gasteiger partial charge >= 0.3 is 0 Å². The minimum absolute atomic E-state index is 0. The molecule has 0 atom stereocenters. The zero-order valence-corrected chi connectivity index (χ0v) is 12.5. The SMILES string of the molecule is CC(=O)Nc1cccc2ccc(S(=O)(=O)O)cc12.[Mg]. The van der Waals surface area contributed by atoms with Gasteiger partial charge in [0.2, 0.25) is 5.91 Å². The predicted molar refractivity (Wildman–Crippen MR) is 73.8 cm³/mol. The number of hydrogen-bond donors (Lipinski definition) is 2. The van der Waals surface area contributed by atoms with Crippen LogP contribution < -0.4 is 5.32 Å². The maximum atomic E-state index is 11.1. The van der Waals surface area contributed by atoms with E-state index in [1.807, 2.05) is 0 Å². The zero-order chi connectivity index (χ0) is 13.3. The molecule has 0 aliphatic heterocycles. The van der Waals surface area contributed by atoms with E-state index in [2.05, 4.69) is 5.32 Å². The van der Waals surface area contributed by atoms with Crippen molar-refractivity contribution in [2.75, 3.05) is 5.32 Å². The van der Waals surface area contributed by atoms with Crippen molar-refractivity contribution in [1.82, 2.24) is 0 Å². The number of carbonyl (C=O) groups excluding carboxylic acids is 1. The summed E-state index contributed by atoms with van der Waals surface area (Å²) in [7, 11) is -4.25. The molecule has 0 unspecified atom stereocenters. The number of benzene rings is 2. The van der Waals surface area contributed by atoms with E-state index in [9.17, 15) is 13.2 Å². The Labute approximate surface area is 126 Å². The van der Waals surface area contributed by atoms with Crippen LogP contribution in [0.5, 0.6) is 0 Å². The minimum atomic E-state index is -4.25. The van der Waals surface area contributed by atoms with Crippen molar-refractivity contribution in [2.45, 2.75) is 11.8 Å². The lowest BCUT2D eigenvalue weighted by Gasteiger charge is -2.08. The lowest BCUT2D eigenvalue weighted by atomic mass is 10.1. The van der Waals surface area contributed by atoms with Crippen molar-refractivity contribution in [2.24, 2.45) is 0 Å². The summed E-state index contributed by atoms with van der Waals surface area (Å²) < 4.78 is 31.2. The third-order valence-electron chi connectivity index (χ3n) is 2.46. The second-order valence-corrected chi connectivity index (χ2v) is 5.27. The molecule has 96 valence electrons. The van der Waals surface area contributed by atoms with Gasteiger partial charge in [0, 0.05) is 41.1 Å². The van der Waals surface area contributed by atoms with Crippen molar-refractivity contribution in [1.29, 1.82) is 0 Å². The summed E-state index contributed by atoms with van der Waals surface area (Å²) in [4.78, 5) is 10.9. The zero-order valence-electron chi connectivity index (χ0n) is 10.3. The van der Waals surface area contributed by atoms with Gasteiger partial charge < -0.3 is 5.32 Å². The topological polar surface area (TPSA) is 83.5 Å². The van der Waals surface area contributed by atoms with E-state index in [1.54, 1.807) is 24.3 Å². The van der Waals surface area contributed by atoms with Gasteiger partial charge in [0.05, 0.1) is 4.90 Å². The fraction of sp³-hybridized carbons (Fsp3) is 0.0833. The smallest absolute Gasteiger partial charge is 0.294 e. The highest BCUT2D eigenvalue weighted by atomic mass is 32.2. The normalized spacial score (nSPS) is 10.8. The second-order valence-electron chi connectivity index (χ2n) is 3.84. The molecule has 2 aromatic carbocycles. The van der Waals surface area contributed by atoms with Gasteiger partial charge in [-0.3, -0.25) is 9.35 Å². The number of hydrogen-bond acceptors (Lipinski definition) is 3. The maximum absolute atomic E-state index is 11.1. The van der Waals surface area contributed by atoms with Gasteiger partial charge in [-0.1, -0.05) is 18.2 Å². The third-order valence-corrected chi connectivity index (χ3v) is 3.31. The van der Waals surface area contributed by atoms with Crippen LogP contribution in [0.15, 0.2) is 41.3 Å². The average Bonchev–Trinajstić information content (AvgIpc) is 2.27. The Bertz CT molecular complexity index is 728. The van der Waals surface area contributed by atoms with E-state index < -0.39 is 10.1 Å². The number of anilines is 1. The molecule has 0 spiro atoms. The van der Waals surface area contributed by atoms with Crippen LogP contribution in [0.25, 0.3) is 10.8 Å². The van der Waals surface area contributed by atoms with E-state index in [1.165, 1.54) is 19.1 Å². The molecule has 0 saturated carbocycles. The summed E-state index contributed by atoms with van der Waals surface area (Å²) in [5.41, 5.74) is 0.505. The van der Waals surface area contributed by atoms with Gasteiger partial charge in [0.15, 0.2) is 0 Å². The fourth-order valence-electron chi connectivity index (χ4n) is 1.71. The van der Waals surface area contributed by atoms with E-state index in [4.69, 9.17) is 4.55 Å². The first-order valence-electron chi connectivity index (χ1n) is 5.16. The van der Waals surface area contributed by atoms with Crippen LogP contribution >= 0.6 is 0 Å². The highest BCUT2D eigenvalue weighted by Crippen LogP contribution is 2.26. The maximum Gasteiger partial charge on any atom is 0.294 e. The number of nitrogens with one attached hydrogen (secondary N) is 1. The van der Waals surface area contributed by atoms with Crippen LogP contribution in [-0.2, 0) is 14.9 Å². The third kappa shape index (κ3) is 3.66. The first-order chi connectivity index (χ1) is 8.38. The summed E-state index contributed by atoms with van der Waals surface area (Å²) in [5, 5.41) is 3.94. The molecule has 0 bridgehead atoms. The molecule has 2 rings (SSSR count). The Morgan fingerprint density at radius 2 is 1.89 bits per heavy atom. The van der Waals surface area contributed by atoms with Crippen molar-refractivity contribution >= 4 is 55.5 Å². The fourth-order valence-corrected chi connectivity index (χ4v) is 2.22. The lowest BCUT2D eigenvalue weighted by molar-refractivity contribution is -0.114. The van der Waals surface area contributed by atoms with Gasteiger partial charge in [-0.2, -0.15) is 8.42 Å². The van der Waals surface area contributed by atoms with Crippen LogP contribution in [-0.4, -0.2) is 41.9 Å². The van der Waals surface area contributed by atoms with Crippen LogP contribution in [0, 0.1) is 0 Å². The van der Waals surface area contributed by atoms with Crippen molar-refractivity contribution in [3.63, 3.8) is 0 Å². The Morgan fingerprint density at radius 1 is 1.21 bits per heavy atom. The van der Waals surface area contributed by atoms with Gasteiger partial charge in [-0.25, -0.2) is 0 Å². The molecule has 0 fully saturated rings. The molecule has 0 aliphatic rings. The van der Waals surface area contributed by atoms with Crippen LogP contribution in [0.2, 0.25) is 0 Å². The Hall–Kier alpha value is -1.15.